The van der Waals surface area contributed by atoms with Crippen molar-refractivity contribution in [3.8, 4) is 0 Å². The lowest BCUT2D eigenvalue weighted by atomic mass is 10.2. The van der Waals surface area contributed by atoms with Gasteiger partial charge in [0.05, 0.1) is 30.1 Å². The summed E-state index contributed by atoms with van der Waals surface area (Å²) in [6.07, 6.45) is 5.51. The molecule has 0 aliphatic rings. The summed E-state index contributed by atoms with van der Waals surface area (Å²) in [6, 6.07) is 9.79. The highest BCUT2D eigenvalue weighted by atomic mass is 16.1. The number of aryl methyl sites for hydroxylation is 2. The van der Waals surface area contributed by atoms with Crippen molar-refractivity contribution in [2.24, 2.45) is 0 Å². The summed E-state index contributed by atoms with van der Waals surface area (Å²) >= 11 is 0. The SMILES string of the molecule is Cc1ccc2c(cnn2CCC(=O)Nc2cccnc2)c1. The fourth-order valence-corrected chi connectivity index (χ4v) is 2.25. The largest absolute Gasteiger partial charge is 0.325 e. The Morgan fingerprint density at radius 2 is 2.19 bits per heavy atom. The first kappa shape index (κ1) is 13.3. The highest BCUT2D eigenvalue weighted by Gasteiger charge is 2.06. The zero-order chi connectivity index (χ0) is 14.7. The third kappa shape index (κ3) is 3.08. The van der Waals surface area contributed by atoms with Gasteiger partial charge >= 0.3 is 0 Å². The molecule has 0 spiro atoms. The average molecular weight is 280 g/mol. The van der Waals surface area contributed by atoms with Crippen molar-refractivity contribution in [1.82, 2.24) is 14.8 Å². The smallest absolute Gasteiger partial charge is 0.226 e. The van der Waals surface area contributed by atoms with Crippen LogP contribution in [0.3, 0.4) is 0 Å². The molecule has 3 aromatic rings. The van der Waals surface area contributed by atoms with Gasteiger partial charge in [-0.15, -0.1) is 0 Å². The predicted molar refractivity (Wildman–Crippen MR) is 82.0 cm³/mol. The van der Waals surface area contributed by atoms with Gasteiger partial charge in [-0.25, -0.2) is 0 Å². The minimum Gasteiger partial charge on any atom is -0.325 e. The predicted octanol–water partition coefficient (Wildman–Crippen LogP) is 2.77. The van der Waals surface area contributed by atoms with Crippen LogP contribution in [0.25, 0.3) is 10.9 Å². The Hall–Kier alpha value is -2.69. The summed E-state index contributed by atoms with van der Waals surface area (Å²) in [6.45, 7) is 2.61. The van der Waals surface area contributed by atoms with E-state index in [0.717, 1.165) is 10.9 Å². The van der Waals surface area contributed by atoms with Crippen LogP contribution in [0.2, 0.25) is 0 Å². The molecule has 1 amide bonds. The number of aromatic nitrogens is 3. The second-order valence-corrected chi connectivity index (χ2v) is 4.97. The van der Waals surface area contributed by atoms with Gasteiger partial charge in [-0.1, -0.05) is 11.6 Å². The summed E-state index contributed by atoms with van der Waals surface area (Å²) in [7, 11) is 0. The van der Waals surface area contributed by atoms with Crippen molar-refractivity contribution in [3.63, 3.8) is 0 Å². The molecule has 5 nitrogen and oxygen atoms in total. The Balaban J connectivity index is 1.65. The standard InChI is InChI=1S/C16H16N4O/c1-12-4-5-15-13(9-12)10-18-20(15)8-6-16(21)19-14-3-2-7-17-11-14/h2-5,7,9-11H,6,8H2,1H3,(H,19,21). The van der Waals surface area contributed by atoms with Crippen molar-refractivity contribution < 1.29 is 4.79 Å². The van der Waals surface area contributed by atoms with Crippen LogP contribution in [0.1, 0.15) is 12.0 Å². The zero-order valence-corrected chi connectivity index (χ0v) is 11.8. The Kier molecular flexibility index (Phi) is 3.64. The van der Waals surface area contributed by atoms with Gasteiger partial charge in [-0.3, -0.25) is 14.5 Å². The van der Waals surface area contributed by atoms with Crippen LogP contribution >= 0.6 is 0 Å². The van der Waals surface area contributed by atoms with Crippen molar-refractivity contribution >= 4 is 22.5 Å². The number of hydrogen-bond acceptors (Lipinski definition) is 3. The van der Waals surface area contributed by atoms with E-state index in [2.05, 4.69) is 34.5 Å². The summed E-state index contributed by atoms with van der Waals surface area (Å²) in [5, 5.41) is 8.26. The van der Waals surface area contributed by atoms with Gasteiger partial charge in [-0.2, -0.15) is 5.10 Å². The second kappa shape index (κ2) is 5.75. The number of rotatable bonds is 4. The van der Waals surface area contributed by atoms with Crippen LogP contribution in [-0.2, 0) is 11.3 Å². The zero-order valence-electron chi connectivity index (χ0n) is 11.8. The maximum atomic E-state index is 11.9. The van der Waals surface area contributed by atoms with Gasteiger partial charge in [0.1, 0.15) is 0 Å². The Bertz CT molecular complexity index is 764. The van der Waals surface area contributed by atoms with E-state index in [9.17, 15) is 4.79 Å². The lowest BCUT2D eigenvalue weighted by Crippen LogP contribution is -2.15. The van der Waals surface area contributed by atoms with Gasteiger partial charge in [0.25, 0.3) is 0 Å². The summed E-state index contributed by atoms with van der Waals surface area (Å²) in [4.78, 5) is 15.9. The Morgan fingerprint density at radius 1 is 1.29 bits per heavy atom. The molecule has 0 saturated carbocycles. The van der Waals surface area contributed by atoms with E-state index in [1.807, 2.05) is 23.0 Å². The van der Waals surface area contributed by atoms with Crippen molar-refractivity contribution in [2.45, 2.75) is 19.9 Å². The third-order valence-electron chi connectivity index (χ3n) is 3.29. The minimum atomic E-state index is -0.0428. The second-order valence-electron chi connectivity index (χ2n) is 4.97. The first-order chi connectivity index (χ1) is 10.2. The molecule has 0 unspecified atom stereocenters. The van der Waals surface area contributed by atoms with Crippen LogP contribution < -0.4 is 5.32 Å². The van der Waals surface area contributed by atoms with Gasteiger partial charge in [0, 0.05) is 18.0 Å². The number of carbonyl (C=O) groups is 1. The lowest BCUT2D eigenvalue weighted by Gasteiger charge is -2.06. The molecule has 0 aliphatic carbocycles. The maximum absolute atomic E-state index is 11.9. The molecular weight excluding hydrogens is 264 g/mol. The number of hydrogen-bond donors (Lipinski definition) is 1. The molecule has 5 heteroatoms. The summed E-state index contributed by atoms with van der Waals surface area (Å²) < 4.78 is 1.86. The molecular formula is C16H16N4O. The Morgan fingerprint density at radius 3 is 3.00 bits per heavy atom. The maximum Gasteiger partial charge on any atom is 0.226 e. The molecule has 0 saturated heterocycles. The fourth-order valence-electron chi connectivity index (χ4n) is 2.25. The molecule has 0 atom stereocenters. The topological polar surface area (TPSA) is 59.8 Å². The van der Waals surface area contributed by atoms with Gasteiger partial charge < -0.3 is 5.32 Å². The number of nitrogens with zero attached hydrogens (tertiary/aromatic N) is 3. The van der Waals surface area contributed by atoms with E-state index < -0.39 is 0 Å². The number of benzene rings is 1. The van der Waals surface area contributed by atoms with Crippen molar-refractivity contribution in [1.29, 1.82) is 0 Å². The van der Waals surface area contributed by atoms with Crippen LogP contribution in [0.5, 0.6) is 0 Å². The Labute approximate surface area is 122 Å². The molecule has 2 heterocycles. The molecule has 0 aliphatic heterocycles. The molecule has 1 aromatic carbocycles. The van der Waals surface area contributed by atoms with Gasteiger partial charge in [0.15, 0.2) is 0 Å². The number of anilines is 1. The molecule has 0 bridgehead atoms. The number of fused-ring (bicyclic) bond motifs is 1. The molecule has 3 rings (SSSR count). The van der Waals surface area contributed by atoms with Crippen LogP contribution in [-0.4, -0.2) is 20.7 Å². The van der Waals surface area contributed by atoms with Gasteiger partial charge in [0.2, 0.25) is 5.91 Å². The van der Waals surface area contributed by atoms with E-state index in [-0.39, 0.29) is 5.91 Å². The van der Waals surface area contributed by atoms with E-state index in [0.29, 0.717) is 18.7 Å². The quantitative estimate of drug-likeness (QED) is 0.799. The highest BCUT2D eigenvalue weighted by molar-refractivity contribution is 5.90. The number of nitrogens with one attached hydrogen (secondary N) is 1. The highest BCUT2D eigenvalue weighted by Crippen LogP contribution is 2.15. The van der Waals surface area contributed by atoms with E-state index in [1.165, 1.54) is 5.56 Å². The fraction of sp³-hybridized carbons (Fsp3) is 0.188. The van der Waals surface area contributed by atoms with Gasteiger partial charge in [-0.05, 0) is 31.2 Å². The number of pyridine rings is 1. The van der Waals surface area contributed by atoms with E-state index >= 15 is 0 Å². The molecule has 0 radical (unpaired) electrons. The summed E-state index contributed by atoms with van der Waals surface area (Å²) in [5.41, 5.74) is 2.97. The van der Waals surface area contributed by atoms with E-state index in [1.54, 1.807) is 18.5 Å². The average Bonchev–Trinajstić information content (AvgIpc) is 2.88. The molecule has 1 N–H and O–H groups in total. The molecule has 0 fully saturated rings. The monoisotopic (exact) mass is 280 g/mol. The van der Waals surface area contributed by atoms with E-state index in [4.69, 9.17) is 0 Å². The number of amides is 1. The molecule has 2 aromatic heterocycles. The minimum absolute atomic E-state index is 0.0428. The lowest BCUT2D eigenvalue weighted by molar-refractivity contribution is -0.116. The van der Waals surface area contributed by atoms with Crippen molar-refractivity contribution in [2.75, 3.05) is 5.32 Å². The third-order valence-corrected chi connectivity index (χ3v) is 3.29. The molecule has 106 valence electrons. The first-order valence-electron chi connectivity index (χ1n) is 6.84. The van der Waals surface area contributed by atoms with Crippen LogP contribution in [0.15, 0.2) is 48.9 Å². The van der Waals surface area contributed by atoms with Crippen LogP contribution in [0, 0.1) is 6.92 Å². The normalized spacial score (nSPS) is 10.7. The first-order valence-corrected chi connectivity index (χ1v) is 6.84. The number of carbonyl (C=O) groups excluding carboxylic acids is 1. The van der Waals surface area contributed by atoms with Crippen LogP contribution in [0.4, 0.5) is 5.69 Å². The summed E-state index contributed by atoms with van der Waals surface area (Å²) in [5.74, 6) is -0.0428. The molecule has 21 heavy (non-hydrogen) atoms. The van der Waals surface area contributed by atoms with Crippen molar-refractivity contribution in [3.05, 3.63) is 54.5 Å².